The van der Waals surface area contributed by atoms with E-state index in [1.54, 1.807) is 34.4 Å². The third-order valence-corrected chi connectivity index (χ3v) is 4.75. The van der Waals surface area contributed by atoms with Gasteiger partial charge in [0, 0.05) is 23.7 Å². The molecule has 0 fully saturated rings. The highest BCUT2D eigenvalue weighted by atomic mass is 32.1. The molecule has 0 aliphatic carbocycles. The van der Waals surface area contributed by atoms with Crippen LogP contribution in [0.2, 0.25) is 0 Å². The van der Waals surface area contributed by atoms with Crippen molar-refractivity contribution in [2.24, 2.45) is 0 Å². The van der Waals surface area contributed by atoms with Crippen LogP contribution in [0, 0.1) is 0 Å². The molecule has 1 N–H and O–H groups in total. The average Bonchev–Trinajstić information content (AvgIpc) is 3.06. The molecular formula is C18H21N3O3S. The Bertz CT molecular complexity index is 759. The van der Waals surface area contributed by atoms with Crippen LogP contribution in [0.3, 0.4) is 0 Å². The first-order valence-corrected chi connectivity index (χ1v) is 8.95. The summed E-state index contributed by atoms with van der Waals surface area (Å²) in [4.78, 5) is 29.2. The standard InChI is InChI=1S/C18H21N3O3S/c1-20(2)7-8-21-15-10-13(5-6-16(15)24-12-18(21)23)19-17(22)11-14-4-3-9-25-14/h3-6,9-10H,7-8,11-12H2,1-2H3,(H,19,22). The molecule has 0 spiro atoms. The van der Waals surface area contributed by atoms with E-state index in [1.807, 2.05) is 36.5 Å². The summed E-state index contributed by atoms with van der Waals surface area (Å²) in [5.74, 6) is 0.510. The number of hydrogen-bond acceptors (Lipinski definition) is 5. The van der Waals surface area contributed by atoms with E-state index in [0.717, 1.165) is 11.4 Å². The molecule has 25 heavy (non-hydrogen) atoms. The number of fused-ring (bicyclic) bond motifs is 1. The summed E-state index contributed by atoms with van der Waals surface area (Å²) in [6, 6.07) is 9.26. The van der Waals surface area contributed by atoms with Crippen LogP contribution in [-0.4, -0.2) is 50.5 Å². The molecule has 1 aliphatic rings. The molecule has 0 saturated carbocycles. The van der Waals surface area contributed by atoms with E-state index in [-0.39, 0.29) is 18.4 Å². The molecule has 0 radical (unpaired) electrons. The van der Waals surface area contributed by atoms with E-state index < -0.39 is 0 Å². The second kappa shape index (κ2) is 7.67. The maximum atomic E-state index is 12.2. The number of nitrogens with zero attached hydrogens (tertiary/aromatic N) is 2. The molecule has 1 aliphatic heterocycles. The Morgan fingerprint density at radius 2 is 2.20 bits per heavy atom. The summed E-state index contributed by atoms with van der Waals surface area (Å²) in [6.45, 7) is 1.37. The Kier molecular flexibility index (Phi) is 5.35. The zero-order valence-electron chi connectivity index (χ0n) is 14.3. The zero-order chi connectivity index (χ0) is 17.8. The normalized spacial score (nSPS) is 13.6. The van der Waals surface area contributed by atoms with Crippen molar-refractivity contribution >= 4 is 34.5 Å². The Morgan fingerprint density at radius 1 is 1.36 bits per heavy atom. The van der Waals surface area contributed by atoms with Crippen molar-refractivity contribution in [3.05, 3.63) is 40.6 Å². The minimum absolute atomic E-state index is 0.0461. The van der Waals surface area contributed by atoms with Crippen LogP contribution < -0.4 is 15.0 Å². The van der Waals surface area contributed by atoms with Crippen molar-refractivity contribution in [1.82, 2.24) is 4.90 Å². The minimum Gasteiger partial charge on any atom is -0.482 e. The second-order valence-corrected chi connectivity index (χ2v) is 7.16. The fourth-order valence-corrected chi connectivity index (χ4v) is 3.31. The largest absolute Gasteiger partial charge is 0.482 e. The predicted molar refractivity (Wildman–Crippen MR) is 99.5 cm³/mol. The van der Waals surface area contributed by atoms with Crippen molar-refractivity contribution in [1.29, 1.82) is 0 Å². The Morgan fingerprint density at radius 3 is 2.92 bits per heavy atom. The number of carbonyl (C=O) groups is 2. The number of thiophene rings is 1. The molecule has 132 valence electrons. The summed E-state index contributed by atoms with van der Waals surface area (Å²) in [5, 5.41) is 4.85. The fraction of sp³-hybridized carbons (Fsp3) is 0.333. The van der Waals surface area contributed by atoms with Crippen LogP contribution >= 0.6 is 11.3 Å². The lowest BCUT2D eigenvalue weighted by Crippen LogP contribution is -2.42. The molecule has 7 heteroatoms. The number of benzene rings is 1. The average molecular weight is 359 g/mol. The van der Waals surface area contributed by atoms with Gasteiger partial charge in [-0.2, -0.15) is 0 Å². The van der Waals surface area contributed by atoms with Gasteiger partial charge in [0.25, 0.3) is 5.91 Å². The SMILES string of the molecule is CN(C)CCN1C(=O)COc2ccc(NC(=O)Cc3cccs3)cc21. The van der Waals surface area contributed by atoms with E-state index >= 15 is 0 Å². The van der Waals surface area contributed by atoms with Crippen LogP contribution in [-0.2, 0) is 16.0 Å². The van der Waals surface area contributed by atoms with Crippen molar-refractivity contribution < 1.29 is 14.3 Å². The van der Waals surface area contributed by atoms with Gasteiger partial charge in [-0.1, -0.05) is 6.07 Å². The van der Waals surface area contributed by atoms with Gasteiger partial charge < -0.3 is 19.9 Å². The van der Waals surface area contributed by atoms with E-state index in [1.165, 1.54) is 0 Å². The molecule has 0 bridgehead atoms. The molecule has 2 heterocycles. The third-order valence-electron chi connectivity index (χ3n) is 3.87. The lowest BCUT2D eigenvalue weighted by Gasteiger charge is -2.30. The van der Waals surface area contributed by atoms with Gasteiger partial charge in [0.2, 0.25) is 5.91 Å². The van der Waals surface area contributed by atoms with Gasteiger partial charge in [-0.3, -0.25) is 9.59 Å². The smallest absolute Gasteiger partial charge is 0.265 e. The highest BCUT2D eigenvalue weighted by Gasteiger charge is 2.25. The lowest BCUT2D eigenvalue weighted by atomic mass is 10.2. The molecule has 1 aromatic heterocycles. The molecule has 1 aromatic carbocycles. The molecule has 0 saturated heterocycles. The Labute approximate surface area is 151 Å². The number of rotatable bonds is 6. The van der Waals surface area contributed by atoms with Crippen LogP contribution in [0.1, 0.15) is 4.88 Å². The van der Waals surface area contributed by atoms with Crippen LogP contribution in [0.15, 0.2) is 35.7 Å². The van der Waals surface area contributed by atoms with Crippen molar-refractivity contribution in [2.45, 2.75) is 6.42 Å². The zero-order valence-corrected chi connectivity index (χ0v) is 15.1. The van der Waals surface area contributed by atoms with Gasteiger partial charge in [-0.25, -0.2) is 0 Å². The molecule has 0 atom stereocenters. The highest BCUT2D eigenvalue weighted by molar-refractivity contribution is 7.10. The van der Waals surface area contributed by atoms with Crippen molar-refractivity contribution in [3.63, 3.8) is 0 Å². The number of nitrogens with one attached hydrogen (secondary N) is 1. The summed E-state index contributed by atoms with van der Waals surface area (Å²) >= 11 is 1.56. The number of ether oxygens (including phenoxy) is 1. The number of hydrogen-bond donors (Lipinski definition) is 1. The third kappa shape index (κ3) is 4.37. The highest BCUT2D eigenvalue weighted by Crippen LogP contribution is 2.34. The minimum atomic E-state index is -0.0784. The summed E-state index contributed by atoms with van der Waals surface area (Å²) in [6.07, 6.45) is 0.342. The van der Waals surface area contributed by atoms with Gasteiger partial charge in [0.05, 0.1) is 12.1 Å². The number of likely N-dealkylation sites (N-methyl/N-ethyl adjacent to an activating group) is 1. The molecule has 0 unspecified atom stereocenters. The van der Waals surface area contributed by atoms with Gasteiger partial charge in [0.1, 0.15) is 5.75 Å². The fourth-order valence-electron chi connectivity index (χ4n) is 2.60. The number of carbonyl (C=O) groups excluding carboxylic acids is 2. The van der Waals surface area contributed by atoms with Crippen LogP contribution in [0.5, 0.6) is 5.75 Å². The topological polar surface area (TPSA) is 61.9 Å². The first-order chi connectivity index (χ1) is 12.0. The Hall–Kier alpha value is -2.38. The van der Waals surface area contributed by atoms with E-state index in [9.17, 15) is 9.59 Å². The van der Waals surface area contributed by atoms with E-state index in [4.69, 9.17) is 4.74 Å². The number of amides is 2. The van der Waals surface area contributed by atoms with Gasteiger partial charge in [0.15, 0.2) is 6.61 Å². The molecule has 2 aromatic rings. The summed E-state index contributed by atoms with van der Waals surface area (Å²) in [5.41, 5.74) is 1.36. The second-order valence-electron chi connectivity index (χ2n) is 6.12. The first-order valence-electron chi connectivity index (χ1n) is 8.07. The monoisotopic (exact) mass is 359 g/mol. The van der Waals surface area contributed by atoms with E-state index in [0.29, 0.717) is 30.1 Å². The molecule has 3 rings (SSSR count). The molecule has 2 amide bonds. The van der Waals surface area contributed by atoms with E-state index in [2.05, 4.69) is 5.32 Å². The number of anilines is 2. The van der Waals surface area contributed by atoms with Crippen LogP contribution in [0.25, 0.3) is 0 Å². The lowest BCUT2D eigenvalue weighted by molar-refractivity contribution is -0.121. The van der Waals surface area contributed by atoms with Gasteiger partial charge >= 0.3 is 0 Å². The molecular weight excluding hydrogens is 338 g/mol. The maximum absolute atomic E-state index is 12.2. The quantitative estimate of drug-likeness (QED) is 0.859. The first kappa shape index (κ1) is 17.4. The summed E-state index contributed by atoms with van der Waals surface area (Å²) in [7, 11) is 3.93. The van der Waals surface area contributed by atoms with Crippen molar-refractivity contribution in [3.8, 4) is 5.75 Å². The van der Waals surface area contributed by atoms with Gasteiger partial charge in [-0.15, -0.1) is 11.3 Å². The Balaban J connectivity index is 1.74. The van der Waals surface area contributed by atoms with Crippen molar-refractivity contribution in [2.75, 3.05) is 44.0 Å². The summed E-state index contributed by atoms with van der Waals surface area (Å²) < 4.78 is 5.50. The predicted octanol–water partition coefficient (Wildman–Crippen LogP) is 2.22. The van der Waals surface area contributed by atoms with Crippen LogP contribution in [0.4, 0.5) is 11.4 Å². The van der Waals surface area contributed by atoms with Gasteiger partial charge in [-0.05, 0) is 43.7 Å². The molecule has 6 nitrogen and oxygen atoms in total. The maximum Gasteiger partial charge on any atom is 0.265 e.